The van der Waals surface area contributed by atoms with Gasteiger partial charge in [0.25, 0.3) is 0 Å². The van der Waals surface area contributed by atoms with E-state index < -0.39 is 5.97 Å². The molecule has 1 saturated carbocycles. The number of hydrogen-bond donors (Lipinski definition) is 1. The Kier molecular flexibility index (Phi) is 4.01. The highest BCUT2D eigenvalue weighted by Gasteiger charge is 2.32. The summed E-state index contributed by atoms with van der Waals surface area (Å²) in [6.07, 6.45) is 5.94. The number of benzene rings is 1. The quantitative estimate of drug-likeness (QED) is 0.907. The van der Waals surface area contributed by atoms with Gasteiger partial charge in [-0.2, -0.15) is 0 Å². The molecule has 1 heterocycles. The normalized spacial score (nSPS) is 19.6. The molecule has 2 aliphatic rings. The first-order valence-corrected chi connectivity index (χ1v) is 8.11. The summed E-state index contributed by atoms with van der Waals surface area (Å²) >= 11 is 3.52. The third-order valence-electron chi connectivity index (χ3n) is 4.55. The fourth-order valence-corrected chi connectivity index (χ4v) is 4.10. The predicted molar refractivity (Wildman–Crippen MR) is 80.1 cm³/mol. The zero-order chi connectivity index (χ0) is 14.1. The van der Waals surface area contributed by atoms with Crippen molar-refractivity contribution in [3.05, 3.63) is 27.7 Å². The highest BCUT2D eigenvalue weighted by Crippen LogP contribution is 2.38. The first-order chi connectivity index (χ1) is 9.65. The van der Waals surface area contributed by atoms with Crippen LogP contribution >= 0.6 is 15.9 Å². The summed E-state index contributed by atoms with van der Waals surface area (Å²) in [5.74, 6) is 0.310. The van der Waals surface area contributed by atoms with Crippen molar-refractivity contribution in [3.8, 4) is 5.75 Å². The van der Waals surface area contributed by atoms with E-state index in [2.05, 4.69) is 22.0 Å². The van der Waals surface area contributed by atoms with Crippen molar-refractivity contribution in [3.63, 3.8) is 0 Å². The van der Waals surface area contributed by atoms with Crippen LogP contribution in [0.5, 0.6) is 5.75 Å². The summed E-state index contributed by atoms with van der Waals surface area (Å²) in [4.78, 5) is 11.6. The molecule has 0 saturated heterocycles. The third kappa shape index (κ3) is 2.71. The van der Waals surface area contributed by atoms with Crippen LogP contribution in [0.1, 0.15) is 36.8 Å². The number of ether oxygens (including phenoxy) is 1. The Balaban J connectivity index is 1.87. The van der Waals surface area contributed by atoms with Crippen molar-refractivity contribution in [1.29, 1.82) is 0 Å². The highest BCUT2D eigenvalue weighted by atomic mass is 79.9. The highest BCUT2D eigenvalue weighted by molar-refractivity contribution is 9.10. The van der Waals surface area contributed by atoms with Crippen LogP contribution < -0.4 is 4.74 Å². The fourth-order valence-electron chi connectivity index (χ4n) is 3.55. The minimum atomic E-state index is -0.663. The number of rotatable bonds is 4. The molecule has 108 valence electrons. The van der Waals surface area contributed by atoms with Crippen LogP contribution in [-0.4, -0.2) is 17.7 Å². The molecular weight excluding hydrogens is 320 g/mol. The molecule has 4 heteroatoms. The predicted octanol–water partition coefficient (Wildman–Crippen LogP) is 3.82. The van der Waals surface area contributed by atoms with Gasteiger partial charge in [0.05, 0.1) is 12.5 Å². The van der Waals surface area contributed by atoms with Gasteiger partial charge in [-0.25, -0.2) is 0 Å². The Morgan fingerprint density at radius 2 is 2.15 bits per heavy atom. The zero-order valence-electron chi connectivity index (χ0n) is 11.4. The molecule has 3 nitrogen and oxygen atoms in total. The summed E-state index contributed by atoms with van der Waals surface area (Å²) in [6.45, 7) is 0.708. The van der Waals surface area contributed by atoms with Crippen molar-refractivity contribution in [2.45, 2.75) is 38.5 Å². The summed E-state index contributed by atoms with van der Waals surface area (Å²) in [6, 6.07) is 4.10. The Morgan fingerprint density at radius 3 is 2.85 bits per heavy atom. The van der Waals surface area contributed by atoms with Crippen LogP contribution in [0.4, 0.5) is 0 Å². The van der Waals surface area contributed by atoms with Gasteiger partial charge in [-0.1, -0.05) is 28.8 Å². The van der Waals surface area contributed by atoms with Crippen LogP contribution in [0, 0.1) is 11.8 Å². The van der Waals surface area contributed by atoms with Gasteiger partial charge in [0.15, 0.2) is 0 Å². The average Bonchev–Trinajstić information content (AvgIpc) is 3.05. The van der Waals surface area contributed by atoms with Crippen LogP contribution in [0.3, 0.4) is 0 Å². The molecule has 0 spiro atoms. The lowest BCUT2D eigenvalue weighted by atomic mass is 9.85. The molecule has 1 aromatic rings. The van der Waals surface area contributed by atoms with Gasteiger partial charge in [-0.05, 0) is 48.4 Å². The molecule has 0 bridgehead atoms. The van der Waals surface area contributed by atoms with Crippen molar-refractivity contribution in [1.82, 2.24) is 0 Å². The SMILES string of the molecule is O=C(O)C(Cc1cc(Br)cc2c1OCC2)C1CCCC1. The Labute approximate surface area is 127 Å². The van der Waals surface area contributed by atoms with Gasteiger partial charge in [-0.15, -0.1) is 0 Å². The lowest BCUT2D eigenvalue weighted by molar-refractivity contribution is -0.143. The largest absolute Gasteiger partial charge is 0.493 e. The minimum absolute atomic E-state index is 0.278. The Hall–Kier alpha value is -1.03. The lowest BCUT2D eigenvalue weighted by Crippen LogP contribution is -2.24. The van der Waals surface area contributed by atoms with E-state index in [9.17, 15) is 9.90 Å². The molecular formula is C16H19BrO3. The maximum absolute atomic E-state index is 11.6. The topological polar surface area (TPSA) is 46.5 Å². The third-order valence-corrected chi connectivity index (χ3v) is 5.01. The summed E-state index contributed by atoms with van der Waals surface area (Å²) < 4.78 is 6.73. The molecule has 20 heavy (non-hydrogen) atoms. The van der Waals surface area contributed by atoms with Crippen LogP contribution in [-0.2, 0) is 17.6 Å². The summed E-state index contributed by atoms with van der Waals surface area (Å²) in [7, 11) is 0. The Bertz CT molecular complexity index is 521. The molecule has 0 amide bonds. The second kappa shape index (κ2) is 5.76. The number of fused-ring (bicyclic) bond motifs is 1. The molecule has 3 rings (SSSR count). The van der Waals surface area contributed by atoms with Crippen LogP contribution in [0.25, 0.3) is 0 Å². The molecule has 1 unspecified atom stereocenters. The van der Waals surface area contributed by atoms with E-state index in [1.807, 2.05) is 6.07 Å². The van der Waals surface area contributed by atoms with Gasteiger partial charge in [0.1, 0.15) is 5.75 Å². The van der Waals surface area contributed by atoms with Crippen LogP contribution in [0.15, 0.2) is 16.6 Å². The van der Waals surface area contributed by atoms with E-state index >= 15 is 0 Å². The monoisotopic (exact) mass is 338 g/mol. The second-order valence-electron chi connectivity index (χ2n) is 5.85. The maximum Gasteiger partial charge on any atom is 0.307 e. The molecule has 0 radical (unpaired) electrons. The lowest BCUT2D eigenvalue weighted by Gasteiger charge is -2.20. The van der Waals surface area contributed by atoms with Gasteiger partial charge in [0.2, 0.25) is 0 Å². The molecule has 1 N–H and O–H groups in total. The van der Waals surface area contributed by atoms with Crippen molar-refractivity contribution < 1.29 is 14.6 Å². The van der Waals surface area contributed by atoms with Gasteiger partial charge in [-0.3, -0.25) is 4.79 Å². The molecule has 1 atom stereocenters. The van der Waals surface area contributed by atoms with E-state index in [-0.39, 0.29) is 5.92 Å². The van der Waals surface area contributed by atoms with E-state index in [0.717, 1.165) is 35.0 Å². The molecule has 0 aromatic heterocycles. The minimum Gasteiger partial charge on any atom is -0.493 e. The maximum atomic E-state index is 11.6. The molecule has 1 aliphatic carbocycles. The van der Waals surface area contributed by atoms with Crippen molar-refractivity contribution in [2.75, 3.05) is 6.61 Å². The Morgan fingerprint density at radius 1 is 1.40 bits per heavy atom. The van der Waals surface area contributed by atoms with Gasteiger partial charge in [0, 0.05) is 10.9 Å². The van der Waals surface area contributed by atoms with E-state index in [1.165, 1.54) is 18.4 Å². The molecule has 1 aliphatic heterocycles. The number of halogens is 1. The second-order valence-corrected chi connectivity index (χ2v) is 6.76. The van der Waals surface area contributed by atoms with E-state index in [4.69, 9.17) is 4.74 Å². The number of aliphatic carboxylic acids is 1. The first kappa shape index (κ1) is 13.9. The standard InChI is InChI=1S/C16H19BrO3/c17-13-7-11-5-6-20-15(11)12(8-13)9-14(16(18)19)10-3-1-2-4-10/h7-8,10,14H,1-6,9H2,(H,18,19). The summed E-state index contributed by atoms with van der Waals surface area (Å²) in [5.41, 5.74) is 2.25. The number of carboxylic acids is 1. The smallest absolute Gasteiger partial charge is 0.307 e. The average molecular weight is 339 g/mol. The van der Waals surface area contributed by atoms with E-state index in [1.54, 1.807) is 0 Å². The van der Waals surface area contributed by atoms with Crippen molar-refractivity contribution >= 4 is 21.9 Å². The molecule has 1 fully saturated rings. The van der Waals surface area contributed by atoms with Crippen LogP contribution in [0.2, 0.25) is 0 Å². The summed E-state index contributed by atoms with van der Waals surface area (Å²) in [5, 5.41) is 9.56. The zero-order valence-corrected chi connectivity index (χ0v) is 13.0. The molecule has 1 aromatic carbocycles. The number of hydrogen-bond acceptors (Lipinski definition) is 2. The number of carbonyl (C=O) groups is 1. The fraction of sp³-hybridized carbons (Fsp3) is 0.562. The number of carboxylic acid groups (broad SMARTS) is 1. The van der Waals surface area contributed by atoms with E-state index in [0.29, 0.717) is 18.9 Å². The van der Waals surface area contributed by atoms with Crippen molar-refractivity contribution in [2.24, 2.45) is 11.8 Å². The first-order valence-electron chi connectivity index (χ1n) is 7.32. The van der Waals surface area contributed by atoms with Gasteiger partial charge < -0.3 is 9.84 Å². The van der Waals surface area contributed by atoms with Gasteiger partial charge >= 0.3 is 5.97 Å².